The number of likely N-dealkylation sites (N-methyl/N-ethyl adjacent to an activating group) is 1. The van der Waals surface area contributed by atoms with Crippen LogP contribution in [0.15, 0.2) is 47.4 Å². The fourth-order valence-corrected chi connectivity index (χ4v) is 3.49. The Morgan fingerprint density at radius 1 is 1.04 bits per heavy atom. The van der Waals surface area contributed by atoms with Gasteiger partial charge in [-0.05, 0) is 55.6 Å². The Hall–Kier alpha value is -2.52. The molecule has 0 aromatic heterocycles. The van der Waals surface area contributed by atoms with E-state index >= 15 is 0 Å². The Balaban J connectivity index is 1.99. The van der Waals surface area contributed by atoms with Gasteiger partial charge in [-0.25, -0.2) is 22.0 Å². The summed E-state index contributed by atoms with van der Waals surface area (Å²) in [5, 5.41) is 0. The van der Waals surface area contributed by atoms with Gasteiger partial charge in [0.25, 0.3) is 10.0 Å². The van der Waals surface area contributed by atoms with E-state index in [0.29, 0.717) is 12.6 Å². The molecular formula is C19H22F2N2O4S. The Bertz CT molecular complexity index is 914. The van der Waals surface area contributed by atoms with Crippen molar-refractivity contribution < 1.29 is 26.7 Å². The third-order valence-corrected chi connectivity index (χ3v) is 5.49. The number of nitrogens with one attached hydrogen (secondary N) is 1. The van der Waals surface area contributed by atoms with Crippen LogP contribution in [0.5, 0.6) is 0 Å². The molecule has 0 fully saturated rings. The normalized spacial score (nSPS) is 11.5. The first-order chi connectivity index (χ1) is 13.3. The molecule has 0 saturated carbocycles. The molecule has 1 N–H and O–H groups in total. The molecule has 0 atom stereocenters. The minimum atomic E-state index is -4.09. The summed E-state index contributed by atoms with van der Waals surface area (Å²) in [6.45, 7) is 6.65. The summed E-state index contributed by atoms with van der Waals surface area (Å²) >= 11 is 0. The monoisotopic (exact) mass is 412 g/mol. The minimum Gasteiger partial charge on any atom is -0.461 e. The second-order valence-corrected chi connectivity index (χ2v) is 7.60. The lowest BCUT2D eigenvalue weighted by molar-refractivity contribution is 0.0466. The zero-order valence-corrected chi connectivity index (χ0v) is 16.4. The number of hydrogen-bond acceptors (Lipinski definition) is 5. The predicted octanol–water partition coefficient (Wildman–Crippen LogP) is 3.26. The van der Waals surface area contributed by atoms with Crippen molar-refractivity contribution in [1.29, 1.82) is 0 Å². The number of rotatable bonds is 9. The average Bonchev–Trinajstić information content (AvgIpc) is 2.67. The van der Waals surface area contributed by atoms with E-state index in [-0.39, 0.29) is 17.9 Å². The number of hydrogen-bond donors (Lipinski definition) is 1. The van der Waals surface area contributed by atoms with Crippen LogP contribution < -0.4 is 4.72 Å². The summed E-state index contributed by atoms with van der Waals surface area (Å²) in [5.74, 6) is -2.91. The number of halogens is 2. The Labute approximate surface area is 163 Å². The van der Waals surface area contributed by atoms with Crippen LogP contribution in [-0.2, 0) is 14.8 Å². The number of benzene rings is 2. The van der Waals surface area contributed by atoms with Crippen molar-refractivity contribution in [2.75, 3.05) is 31.0 Å². The molecule has 0 aliphatic heterocycles. The maximum atomic E-state index is 13.3. The third kappa shape index (κ3) is 5.74. The molecule has 28 heavy (non-hydrogen) atoms. The van der Waals surface area contributed by atoms with Gasteiger partial charge in [-0.15, -0.1) is 0 Å². The molecular weight excluding hydrogens is 390 g/mol. The van der Waals surface area contributed by atoms with E-state index in [1.807, 2.05) is 13.8 Å². The van der Waals surface area contributed by atoms with Crippen molar-refractivity contribution in [1.82, 2.24) is 4.90 Å². The van der Waals surface area contributed by atoms with Crippen LogP contribution in [0, 0.1) is 11.6 Å². The molecule has 9 heteroatoms. The van der Waals surface area contributed by atoms with Gasteiger partial charge in [-0.1, -0.05) is 13.8 Å². The van der Waals surface area contributed by atoms with Gasteiger partial charge in [0, 0.05) is 12.2 Å². The fraction of sp³-hybridized carbons (Fsp3) is 0.316. The Morgan fingerprint density at radius 2 is 1.68 bits per heavy atom. The largest absolute Gasteiger partial charge is 0.461 e. The third-order valence-electron chi connectivity index (χ3n) is 4.11. The summed E-state index contributed by atoms with van der Waals surface area (Å²) < 4.78 is 58.2. The van der Waals surface area contributed by atoms with Crippen LogP contribution >= 0.6 is 0 Å². The number of carbonyl (C=O) groups excluding carboxylic acids is 1. The van der Waals surface area contributed by atoms with E-state index in [0.717, 1.165) is 25.2 Å². The van der Waals surface area contributed by atoms with E-state index in [2.05, 4.69) is 9.62 Å². The lowest BCUT2D eigenvalue weighted by Crippen LogP contribution is -2.27. The lowest BCUT2D eigenvalue weighted by Gasteiger charge is -2.17. The SMILES string of the molecule is CCN(CC)CCOC(=O)c1ccc(NS(=O)(=O)c2ccc(F)c(F)c2)cc1. The predicted molar refractivity (Wildman–Crippen MR) is 102 cm³/mol. The number of nitrogens with zero attached hydrogens (tertiary/aromatic N) is 1. The van der Waals surface area contributed by atoms with E-state index in [9.17, 15) is 22.0 Å². The summed E-state index contributed by atoms with van der Waals surface area (Å²) in [4.78, 5) is 13.7. The molecule has 0 unspecified atom stereocenters. The minimum absolute atomic E-state index is 0.171. The number of carbonyl (C=O) groups is 1. The number of esters is 1. The summed E-state index contributed by atoms with van der Waals surface area (Å²) in [5.41, 5.74) is 0.444. The van der Waals surface area contributed by atoms with E-state index in [1.54, 1.807) is 0 Å². The highest BCUT2D eigenvalue weighted by Gasteiger charge is 2.17. The van der Waals surface area contributed by atoms with Crippen LogP contribution in [0.1, 0.15) is 24.2 Å². The van der Waals surface area contributed by atoms with Gasteiger partial charge in [0.1, 0.15) is 6.61 Å². The molecule has 2 rings (SSSR count). The fourth-order valence-electron chi connectivity index (χ4n) is 2.42. The van der Waals surface area contributed by atoms with Gasteiger partial charge in [0.05, 0.1) is 10.5 Å². The van der Waals surface area contributed by atoms with Gasteiger partial charge in [0.2, 0.25) is 0 Å². The average molecular weight is 412 g/mol. The first kappa shape index (κ1) is 21.8. The molecule has 0 spiro atoms. The summed E-state index contributed by atoms with van der Waals surface area (Å²) in [7, 11) is -4.09. The number of anilines is 1. The van der Waals surface area contributed by atoms with Crippen molar-refractivity contribution in [2.24, 2.45) is 0 Å². The molecule has 0 saturated heterocycles. The molecule has 0 heterocycles. The Morgan fingerprint density at radius 3 is 2.25 bits per heavy atom. The topological polar surface area (TPSA) is 75.7 Å². The van der Waals surface area contributed by atoms with Crippen LogP contribution in [0.3, 0.4) is 0 Å². The van der Waals surface area contributed by atoms with Gasteiger partial charge in [0.15, 0.2) is 11.6 Å². The number of ether oxygens (including phenoxy) is 1. The Kier molecular flexibility index (Phi) is 7.47. The van der Waals surface area contributed by atoms with E-state index < -0.39 is 32.5 Å². The van der Waals surface area contributed by atoms with Crippen LogP contribution in [0.25, 0.3) is 0 Å². The van der Waals surface area contributed by atoms with E-state index in [4.69, 9.17) is 4.74 Å². The quantitative estimate of drug-likeness (QED) is 0.640. The zero-order chi connectivity index (χ0) is 20.7. The van der Waals surface area contributed by atoms with Crippen molar-refractivity contribution in [2.45, 2.75) is 18.7 Å². The summed E-state index contributed by atoms with van der Waals surface area (Å²) in [6.07, 6.45) is 0. The van der Waals surface area contributed by atoms with E-state index in [1.165, 1.54) is 24.3 Å². The lowest BCUT2D eigenvalue weighted by atomic mass is 10.2. The maximum absolute atomic E-state index is 13.3. The standard InChI is InChI=1S/C19H22F2N2O4S/c1-3-23(4-2)11-12-27-19(24)14-5-7-15(8-6-14)22-28(25,26)16-9-10-17(20)18(21)13-16/h5-10,13,22H,3-4,11-12H2,1-2H3. The van der Waals surface area contributed by atoms with Crippen LogP contribution in [-0.4, -0.2) is 45.5 Å². The van der Waals surface area contributed by atoms with Crippen LogP contribution in [0.2, 0.25) is 0 Å². The van der Waals surface area contributed by atoms with Gasteiger partial charge >= 0.3 is 5.97 Å². The van der Waals surface area contributed by atoms with Gasteiger partial charge < -0.3 is 9.64 Å². The summed E-state index contributed by atoms with van der Waals surface area (Å²) in [6, 6.07) is 7.91. The molecule has 0 aliphatic carbocycles. The molecule has 0 aliphatic rings. The molecule has 0 amide bonds. The highest BCUT2D eigenvalue weighted by Crippen LogP contribution is 2.19. The maximum Gasteiger partial charge on any atom is 0.338 e. The van der Waals surface area contributed by atoms with Crippen molar-refractivity contribution in [3.05, 3.63) is 59.7 Å². The van der Waals surface area contributed by atoms with Crippen molar-refractivity contribution >= 4 is 21.7 Å². The highest BCUT2D eigenvalue weighted by atomic mass is 32.2. The molecule has 0 bridgehead atoms. The molecule has 152 valence electrons. The van der Waals surface area contributed by atoms with Gasteiger partial charge in [-0.3, -0.25) is 4.72 Å². The zero-order valence-electron chi connectivity index (χ0n) is 15.6. The second kappa shape index (κ2) is 9.61. The van der Waals surface area contributed by atoms with Gasteiger partial charge in [-0.2, -0.15) is 0 Å². The smallest absolute Gasteiger partial charge is 0.338 e. The van der Waals surface area contributed by atoms with Crippen LogP contribution in [0.4, 0.5) is 14.5 Å². The second-order valence-electron chi connectivity index (χ2n) is 5.92. The first-order valence-electron chi connectivity index (χ1n) is 8.74. The van der Waals surface area contributed by atoms with Crippen molar-refractivity contribution in [3.63, 3.8) is 0 Å². The number of sulfonamides is 1. The molecule has 0 radical (unpaired) electrons. The molecule has 6 nitrogen and oxygen atoms in total. The first-order valence-corrected chi connectivity index (χ1v) is 10.2. The highest BCUT2D eigenvalue weighted by molar-refractivity contribution is 7.92. The molecule has 2 aromatic carbocycles. The van der Waals surface area contributed by atoms with Crippen molar-refractivity contribution in [3.8, 4) is 0 Å². The molecule has 2 aromatic rings.